The van der Waals surface area contributed by atoms with Crippen LogP contribution in [-0.2, 0) is 31.2 Å². The molecular formula is C13H18N2O5S2. The molecule has 1 amide bonds. The fourth-order valence-corrected chi connectivity index (χ4v) is 4.02. The molecule has 1 atom stereocenters. The number of rotatable bonds is 5. The van der Waals surface area contributed by atoms with Crippen molar-refractivity contribution < 1.29 is 21.6 Å². The maximum Gasteiger partial charge on any atom is 0.223 e. The minimum Gasteiger partial charge on any atom is -0.338 e. The number of benzene rings is 1. The van der Waals surface area contributed by atoms with Crippen molar-refractivity contribution in [2.45, 2.75) is 17.9 Å². The van der Waals surface area contributed by atoms with E-state index >= 15 is 0 Å². The van der Waals surface area contributed by atoms with E-state index in [1.807, 2.05) is 0 Å². The monoisotopic (exact) mass is 346 g/mol. The number of carbonyl (C=O) groups is 1. The van der Waals surface area contributed by atoms with Crippen molar-refractivity contribution in [1.82, 2.24) is 4.90 Å². The van der Waals surface area contributed by atoms with E-state index in [0.29, 0.717) is 13.1 Å². The average molecular weight is 346 g/mol. The van der Waals surface area contributed by atoms with Gasteiger partial charge >= 0.3 is 0 Å². The van der Waals surface area contributed by atoms with Crippen LogP contribution in [0.3, 0.4) is 0 Å². The maximum absolute atomic E-state index is 11.9. The van der Waals surface area contributed by atoms with E-state index < -0.39 is 19.9 Å². The van der Waals surface area contributed by atoms with Crippen LogP contribution in [-0.4, -0.2) is 46.2 Å². The number of hydrogen-bond donors (Lipinski definition) is 1. The van der Waals surface area contributed by atoms with Crippen molar-refractivity contribution in [2.75, 3.05) is 18.6 Å². The van der Waals surface area contributed by atoms with Crippen molar-refractivity contribution in [1.29, 1.82) is 0 Å². The van der Waals surface area contributed by atoms with Crippen LogP contribution in [0.2, 0.25) is 0 Å². The second kappa shape index (κ2) is 5.98. The third-order valence-corrected chi connectivity index (χ3v) is 5.55. The molecule has 122 valence electrons. The molecule has 0 spiro atoms. The molecule has 0 radical (unpaired) electrons. The van der Waals surface area contributed by atoms with Gasteiger partial charge in [-0.1, -0.05) is 12.1 Å². The zero-order chi connectivity index (χ0) is 16.5. The standard InChI is InChI=1S/C13H18N2O5S2/c1-21(17,18)12-4-2-10(3-5-12)7-15-8-11(6-13(15)16)9-22(14,19)20/h2-5,11H,6-9H2,1H3,(H2,14,19,20). The Morgan fingerprint density at radius 2 is 1.77 bits per heavy atom. The number of nitrogens with two attached hydrogens (primary N) is 1. The summed E-state index contributed by atoms with van der Waals surface area (Å²) in [5.41, 5.74) is 0.789. The normalized spacial score (nSPS) is 19.6. The first-order valence-electron chi connectivity index (χ1n) is 6.62. The second-order valence-electron chi connectivity index (χ2n) is 5.59. The van der Waals surface area contributed by atoms with Gasteiger partial charge in [0.05, 0.1) is 10.6 Å². The molecule has 1 fully saturated rings. The zero-order valence-corrected chi connectivity index (χ0v) is 13.7. The Bertz CT molecular complexity index is 769. The van der Waals surface area contributed by atoms with Crippen LogP contribution in [0.5, 0.6) is 0 Å². The van der Waals surface area contributed by atoms with Crippen molar-refractivity contribution in [3.63, 3.8) is 0 Å². The van der Waals surface area contributed by atoms with Crippen LogP contribution in [0.4, 0.5) is 0 Å². The van der Waals surface area contributed by atoms with Gasteiger partial charge in [0, 0.05) is 31.7 Å². The first kappa shape index (κ1) is 16.9. The summed E-state index contributed by atoms with van der Waals surface area (Å²) in [5, 5.41) is 5.00. The molecule has 0 bridgehead atoms. The number of sulfonamides is 1. The smallest absolute Gasteiger partial charge is 0.223 e. The maximum atomic E-state index is 11.9. The number of hydrogen-bond acceptors (Lipinski definition) is 5. The van der Waals surface area contributed by atoms with E-state index in [4.69, 9.17) is 5.14 Å². The number of carbonyl (C=O) groups excluding carboxylic acids is 1. The Morgan fingerprint density at radius 3 is 2.27 bits per heavy atom. The highest BCUT2D eigenvalue weighted by Crippen LogP contribution is 2.21. The minimum atomic E-state index is -3.59. The summed E-state index contributed by atoms with van der Waals surface area (Å²) in [7, 11) is -6.84. The summed E-state index contributed by atoms with van der Waals surface area (Å²) >= 11 is 0. The number of likely N-dealkylation sites (tertiary alicyclic amines) is 1. The molecule has 7 nitrogen and oxygen atoms in total. The highest BCUT2D eigenvalue weighted by atomic mass is 32.2. The van der Waals surface area contributed by atoms with Crippen LogP contribution in [0, 0.1) is 5.92 Å². The Morgan fingerprint density at radius 1 is 1.18 bits per heavy atom. The molecular weight excluding hydrogens is 328 g/mol. The highest BCUT2D eigenvalue weighted by molar-refractivity contribution is 7.90. The summed E-state index contributed by atoms with van der Waals surface area (Å²) in [6.45, 7) is 0.660. The predicted octanol–water partition coefficient (Wildman–Crippen LogP) is -0.273. The zero-order valence-electron chi connectivity index (χ0n) is 12.1. The second-order valence-corrected chi connectivity index (χ2v) is 9.26. The summed E-state index contributed by atoms with van der Waals surface area (Å²) in [5.74, 6) is -0.624. The van der Waals surface area contributed by atoms with Crippen LogP contribution >= 0.6 is 0 Å². The molecule has 1 unspecified atom stereocenters. The largest absolute Gasteiger partial charge is 0.338 e. The molecule has 22 heavy (non-hydrogen) atoms. The molecule has 9 heteroatoms. The van der Waals surface area contributed by atoms with E-state index in [1.54, 1.807) is 17.0 Å². The minimum absolute atomic E-state index is 0.124. The number of sulfone groups is 1. The Balaban J connectivity index is 2.04. The Hall–Kier alpha value is -1.45. The molecule has 2 N–H and O–H groups in total. The van der Waals surface area contributed by atoms with Gasteiger partial charge in [-0.25, -0.2) is 22.0 Å². The summed E-state index contributed by atoms with van der Waals surface area (Å²) < 4.78 is 44.9. The van der Waals surface area contributed by atoms with Crippen molar-refractivity contribution in [3.05, 3.63) is 29.8 Å². The molecule has 0 aliphatic carbocycles. The van der Waals surface area contributed by atoms with E-state index in [1.165, 1.54) is 12.1 Å². The van der Waals surface area contributed by atoms with Crippen LogP contribution < -0.4 is 5.14 Å². The molecule has 0 saturated carbocycles. The summed E-state index contributed by atoms with van der Waals surface area (Å²) in [6, 6.07) is 6.29. The average Bonchev–Trinajstić information content (AvgIpc) is 2.66. The first-order chi connectivity index (χ1) is 10.0. The van der Waals surface area contributed by atoms with Crippen LogP contribution in [0.15, 0.2) is 29.2 Å². The van der Waals surface area contributed by atoms with Gasteiger partial charge in [-0.05, 0) is 17.7 Å². The van der Waals surface area contributed by atoms with Crippen LogP contribution in [0.1, 0.15) is 12.0 Å². The summed E-state index contributed by atoms with van der Waals surface area (Å²) in [6.07, 6.45) is 1.29. The lowest BCUT2D eigenvalue weighted by atomic mass is 10.1. The van der Waals surface area contributed by atoms with E-state index in [9.17, 15) is 21.6 Å². The third kappa shape index (κ3) is 4.52. The van der Waals surface area contributed by atoms with Crippen molar-refractivity contribution >= 4 is 25.8 Å². The van der Waals surface area contributed by atoms with Gasteiger partial charge in [0.15, 0.2) is 9.84 Å². The first-order valence-corrected chi connectivity index (χ1v) is 10.2. The third-order valence-electron chi connectivity index (χ3n) is 3.49. The number of nitrogens with zero attached hydrogens (tertiary/aromatic N) is 1. The lowest BCUT2D eigenvalue weighted by Crippen LogP contribution is -2.27. The molecule has 1 aliphatic rings. The number of primary sulfonamides is 1. The highest BCUT2D eigenvalue weighted by Gasteiger charge is 2.31. The van der Waals surface area contributed by atoms with Gasteiger partial charge < -0.3 is 4.90 Å². The van der Waals surface area contributed by atoms with E-state index in [2.05, 4.69) is 0 Å². The fraction of sp³-hybridized carbons (Fsp3) is 0.462. The van der Waals surface area contributed by atoms with E-state index in [-0.39, 0.29) is 28.9 Å². The van der Waals surface area contributed by atoms with Crippen molar-refractivity contribution in [3.8, 4) is 0 Å². The lowest BCUT2D eigenvalue weighted by molar-refractivity contribution is -0.128. The molecule has 1 saturated heterocycles. The van der Waals surface area contributed by atoms with E-state index in [0.717, 1.165) is 11.8 Å². The molecule has 1 heterocycles. The van der Waals surface area contributed by atoms with Gasteiger partial charge in [0.25, 0.3) is 0 Å². The Kier molecular flexibility index (Phi) is 4.59. The van der Waals surface area contributed by atoms with Gasteiger partial charge in [0.1, 0.15) is 0 Å². The topological polar surface area (TPSA) is 115 Å². The quantitative estimate of drug-likeness (QED) is 0.788. The number of amides is 1. The van der Waals surface area contributed by atoms with Crippen LogP contribution in [0.25, 0.3) is 0 Å². The van der Waals surface area contributed by atoms with Gasteiger partial charge in [-0.15, -0.1) is 0 Å². The molecule has 1 aliphatic heterocycles. The van der Waals surface area contributed by atoms with Gasteiger partial charge in [-0.2, -0.15) is 0 Å². The predicted molar refractivity (Wildman–Crippen MR) is 81.1 cm³/mol. The Labute approximate surface area is 130 Å². The van der Waals surface area contributed by atoms with Gasteiger partial charge in [-0.3, -0.25) is 4.79 Å². The lowest BCUT2D eigenvalue weighted by Gasteiger charge is -2.16. The molecule has 2 rings (SSSR count). The molecule has 0 aromatic heterocycles. The van der Waals surface area contributed by atoms with Crippen molar-refractivity contribution in [2.24, 2.45) is 11.1 Å². The SMILES string of the molecule is CS(=O)(=O)c1ccc(CN2CC(CS(N)(=O)=O)CC2=O)cc1. The van der Waals surface area contributed by atoms with Gasteiger partial charge in [0.2, 0.25) is 15.9 Å². The molecule has 1 aromatic carbocycles. The summed E-state index contributed by atoms with van der Waals surface area (Å²) in [4.78, 5) is 13.7. The fourth-order valence-electron chi connectivity index (χ4n) is 2.51. The molecule has 1 aromatic rings.